The average molecular weight is 439 g/mol. The van der Waals surface area contributed by atoms with Gasteiger partial charge in [-0.05, 0) is 45.0 Å². The molecule has 8 nitrogen and oxygen atoms in total. The Morgan fingerprint density at radius 3 is 2.69 bits per heavy atom. The van der Waals surface area contributed by atoms with Crippen molar-refractivity contribution >= 4 is 5.91 Å². The van der Waals surface area contributed by atoms with Gasteiger partial charge in [0.25, 0.3) is 5.91 Å². The highest BCUT2D eigenvalue weighted by Crippen LogP contribution is 2.22. The molecule has 0 radical (unpaired) electrons. The second-order valence-corrected chi connectivity index (χ2v) is 8.66. The summed E-state index contributed by atoms with van der Waals surface area (Å²) in [6.45, 7) is 11.1. The normalized spacial score (nSPS) is 16.5. The van der Waals surface area contributed by atoms with E-state index in [-0.39, 0.29) is 24.5 Å². The third kappa shape index (κ3) is 5.95. The van der Waals surface area contributed by atoms with E-state index in [1.54, 1.807) is 49.1 Å². The number of ether oxygens (including phenoxy) is 3. The number of hydrogen-bond donors (Lipinski definition) is 0. The molecule has 2 aromatic rings. The number of morpholine rings is 1. The Kier molecular flexibility index (Phi) is 7.31. The SMILES string of the molecule is Cc1cc(OCC2CN(C(=O)C(C)(C)Oc3ccc(C#N)cc3)CCO2)nc(C(C)C)n1. The van der Waals surface area contributed by atoms with Crippen LogP contribution in [-0.4, -0.2) is 58.8 Å². The highest BCUT2D eigenvalue weighted by atomic mass is 16.5. The molecule has 0 saturated carbocycles. The number of carbonyl (C=O) groups excluding carboxylic acids is 1. The van der Waals surface area contributed by atoms with Crippen molar-refractivity contribution in [3.63, 3.8) is 0 Å². The lowest BCUT2D eigenvalue weighted by atomic mass is 10.1. The summed E-state index contributed by atoms with van der Waals surface area (Å²) in [7, 11) is 0. The first-order valence-corrected chi connectivity index (χ1v) is 10.8. The van der Waals surface area contributed by atoms with Crippen LogP contribution < -0.4 is 9.47 Å². The van der Waals surface area contributed by atoms with Crippen LogP contribution in [0.25, 0.3) is 0 Å². The van der Waals surface area contributed by atoms with Crippen LogP contribution in [0.1, 0.15) is 50.7 Å². The van der Waals surface area contributed by atoms with E-state index in [0.717, 1.165) is 11.5 Å². The minimum Gasteiger partial charge on any atom is -0.478 e. The van der Waals surface area contributed by atoms with Gasteiger partial charge in [-0.1, -0.05) is 13.8 Å². The fourth-order valence-electron chi connectivity index (χ4n) is 3.39. The van der Waals surface area contributed by atoms with E-state index in [9.17, 15) is 4.79 Å². The van der Waals surface area contributed by atoms with Gasteiger partial charge in [-0.25, -0.2) is 4.98 Å². The summed E-state index contributed by atoms with van der Waals surface area (Å²) in [6.07, 6.45) is -0.267. The molecule has 0 spiro atoms. The molecule has 1 fully saturated rings. The summed E-state index contributed by atoms with van der Waals surface area (Å²) in [6, 6.07) is 10.6. The molecule has 3 rings (SSSR count). The number of benzene rings is 1. The fraction of sp³-hybridized carbons (Fsp3) is 0.500. The lowest BCUT2D eigenvalue weighted by Crippen LogP contribution is -2.55. The number of nitriles is 1. The molecule has 1 aromatic carbocycles. The van der Waals surface area contributed by atoms with E-state index in [1.807, 2.05) is 20.8 Å². The molecule has 1 unspecified atom stereocenters. The molecule has 32 heavy (non-hydrogen) atoms. The smallest absolute Gasteiger partial charge is 0.266 e. The van der Waals surface area contributed by atoms with Gasteiger partial charge in [0.05, 0.1) is 24.8 Å². The van der Waals surface area contributed by atoms with Gasteiger partial charge in [-0.15, -0.1) is 0 Å². The third-order valence-electron chi connectivity index (χ3n) is 5.08. The first-order chi connectivity index (χ1) is 15.2. The fourth-order valence-corrected chi connectivity index (χ4v) is 3.39. The van der Waals surface area contributed by atoms with Crippen LogP contribution in [-0.2, 0) is 9.53 Å². The molecule has 2 heterocycles. The minimum atomic E-state index is -1.06. The number of amides is 1. The zero-order valence-electron chi connectivity index (χ0n) is 19.3. The molecule has 8 heteroatoms. The van der Waals surface area contributed by atoms with Gasteiger partial charge < -0.3 is 19.1 Å². The van der Waals surface area contributed by atoms with Crippen LogP contribution in [0.3, 0.4) is 0 Å². The first kappa shape index (κ1) is 23.5. The van der Waals surface area contributed by atoms with Gasteiger partial charge in [-0.2, -0.15) is 10.2 Å². The van der Waals surface area contributed by atoms with Crippen LogP contribution in [0.2, 0.25) is 0 Å². The van der Waals surface area contributed by atoms with Gasteiger partial charge in [0, 0.05) is 24.2 Å². The van der Waals surface area contributed by atoms with Crippen molar-refractivity contribution in [2.75, 3.05) is 26.3 Å². The second-order valence-electron chi connectivity index (χ2n) is 8.66. The van der Waals surface area contributed by atoms with Crippen LogP contribution in [0.4, 0.5) is 0 Å². The van der Waals surface area contributed by atoms with Crippen molar-refractivity contribution in [2.45, 2.75) is 52.2 Å². The number of rotatable bonds is 7. The summed E-state index contributed by atoms with van der Waals surface area (Å²) in [5, 5.41) is 8.93. The topological polar surface area (TPSA) is 97.6 Å². The van der Waals surface area contributed by atoms with Crippen LogP contribution in [0, 0.1) is 18.3 Å². The van der Waals surface area contributed by atoms with E-state index < -0.39 is 5.60 Å². The number of hydrogen-bond acceptors (Lipinski definition) is 7. The molecule has 0 aliphatic carbocycles. The van der Waals surface area contributed by atoms with Crippen molar-refractivity contribution < 1.29 is 19.0 Å². The predicted octanol–water partition coefficient (Wildman–Crippen LogP) is 3.24. The van der Waals surface area contributed by atoms with Gasteiger partial charge in [-0.3, -0.25) is 4.79 Å². The summed E-state index contributed by atoms with van der Waals surface area (Å²) >= 11 is 0. The number of nitrogens with zero attached hydrogens (tertiary/aromatic N) is 4. The van der Waals surface area contributed by atoms with E-state index in [1.165, 1.54) is 0 Å². The molecule has 0 N–H and O–H groups in total. The van der Waals surface area contributed by atoms with Gasteiger partial charge in [0.15, 0.2) is 5.60 Å². The zero-order valence-corrected chi connectivity index (χ0v) is 19.3. The molecule has 1 aromatic heterocycles. The molecule has 1 aliphatic rings. The summed E-state index contributed by atoms with van der Waals surface area (Å²) < 4.78 is 17.6. The average Bonchev–Trinajstić information content (AvgIpc) is 2.77. The predicted molar refractivity (Wildman–Crippen MR) is 119 cm³/mol. The Balaban J connectivity index is 1.59. The molecular weight excluding hydrogens is 408 g/mol. The Morgan fingerprint density at radius 1 is 1.31 bits per heavy atom. The Bertz CT molecular complexity index is 982. The molecule has 170 valence electrons. The third-order valence-corrected chi connectivity index (χ3v) is 5.08. The van der Waals surface area contributed by atoms with E-state index in [2.05, 4.69) is 16.0 Å². The Labute approximate surface area is 189 Å². The maximum absolute atomic E-state index is 13.2. The van der Waals surface area contributed by atoms with Crippen molar-refractivity contribution in [3.8, 4) is 17.7 Å². The van der Waals surface area contributed by atoms with E-state index >= 15 is 0 Å². The second kappa shape index (κ2) is 9.96. The lowest BCUT2D eigenvalue weighted by Gasteiger charge is -2.37. The molecule has 1 aliphatic heterocycles. The highest BCUT2D eigenvalue weighted by molar-refractivity contribution is 5.85. The van der Waals surface area contributed by atoms with E-state index in [0.29, 0.717) is 36.9 Å². The molecular formula is C24H30N4O4. The maximum Gasteiger partial charge on any atom is 0.266 e. The molecule has 0 bridgehead atoms. The van der Waals surface area contributed by atoms with Crippen LogP contribution in [0.5, 0.6) is 11.6 Å². The number of aryl methyl sites for hydroxylation is 1. The maximum atomic E-state index is 13.2. The molecule has 1 amide bonds. The summed E-state index contributed by atoms with van der Waals surface area (Å²) in [4.78, 5) is 23.8. The van der Waals surface area contributed by atoms with Crippen molar-refractivity contribution in [1.29, 1.82) is 5.26 Å². The quantitative estimate of drug-likeness (QED) is 0.654. The minimum absolute atomic E-state index is 0.130. The number of carbonyl (C=O) groups is 1. The number of aromatic nitrogens is 2. The summed E-state index contributed by atoms with van der Waals surface area (Å²) in [5.74, 6) is 1.86. The first-order valence-electron chi connectivity index (χ1n) is 10.8. The lowest BCUT2D eigenvalue weighted by molar-refractivity contribution is -0.153. The van der Waals surface area contributed by atoms with Gasteiger partial charge in [0.2, 0.25) is 5.88 Å². The van der Waals surface area contributed by atoms with Gasteiger partial charge >= 0.3 is 0 Å². The Morgan fingerprint density at radius 2 is 2.03 bits per heavy atom. The van der Waals surface area contributed by atoms with Crippen molar-refractivity contribution in [1.82, 2.24) is 14.9 Å². The van der Waals surface area contributed by atoms with Crippen LogP contribution in [0.15, 0.2) is 30.3 Å². The Hall–Kier alpha value is -3.18. The standard InChI is InChI=1S/C24H30N4O4/c1-16(2)22-26-17(3)12-21(27-22)31-15-20-14-28(10-11-30-20)23(29)24(4,5)32-19-8-6-18(13-25)7-9-19/h6-9,12,16,20H,10-11,14-15H2,1-5H3. The largest absolute Gasteiger partial charge is 0.478 e. The van der Waals surface area contributed by atoms with Crippen molar-refractivity contribution in [2.24, 2.45) is 0 Å². The zero-order chi connectivity index (χ0) is 23.3. The molecule has 1 atom stereocenters. The van der Waals surface area contributed by atoms with Crippen molar-refractivity contribution in [3.05, 3.63) is 47.4 Å². The van der Waals surface area contributed by atoms with Crippen LogP contribution >= 0.6 is 0 Å². The van der Waals surface area contributed by atoms with E-state index in [4.69, 9.17) is 19.5 Å². The highest BCUT2D eigenvalue weighted by Gasteiger charge is 2.37. The summed E-state index contributed by atoms with van der Waals surface area (Å²) in [5.41, 5.74) is 0.325. The molecule has 1 saturated heterocycles. The van der Waals surface area contributed by atoms with Gasteiger partial charge in [0.1, 0.15) is 24.3 Å². The monoisotopic (exact) mass is 438 g/mol.